The van der Waals surface area contributed by atoms with E-state index in [0.717, 1.165) is 23.7 Å². The number of nitrogens with zero attached hydrogens (tertiary/aromatic N) is 3. The number of morpholine rings is 1. The number of rotatable bonds is 3. The number of aromatic hydroxyl groups is 1. The molecular formula is C15H19N4O3S+. The van der Waals surface area contributed by atoms with Gasteiger partial charge < -0.3 is 19.2 Å². The van der Waals surface area contributed by atoms with Crippen LogP contribution < -0.4 is 4.90 Å². The number of thiazole rings is 1. The third-order valence-electron chi connectivity index (χ3n) is 4.20. The average molecular weight is 335 g/mol. The number of nitrogens with one attached hydrogen (secondary N) is 1. The number of fused-ring (bicyclic) bond motifs is 1. The van der Waals surface area contributed by atoms with Gasteiger partial charge in [-0.2, -0.15) is 9.61 Å². The molecule has 0 amide bonds. The highest BCUT2D eigenvalue weighted by molar-refractivity contribution is 7.17. The van der Waals surface area contributed by atoms with Crippen LogP contribution in [0.4, 0.5) is 0 Å². The van der Waals surface area contributed by atoms with E-state index >= 15 is 0 Å². The maximum absolute atomic E-state index is 10.6. The Balaban J connectivity index is 1.79. The molecule has 4 heterocycles. The topological polar surface area (TPSA) is 77.2 Å². The first-order valence-corrected chi connectivity index (χ1v) is 8.50. The molecule has 4 rings (SSSR count). The van der Waals surface area contributed by atoms with Gasteiger partial charge in [0.05, 0.1) is 6.26 Å². The molecular weight excluding hydrogens is 316 g/mol. The molecule has 0 aliphatic carbocycles. The van der Waals surface area contributed by atoms with Gasteiger partial charge in [-0.05, 0) is 26.0 Å². The van der Waals surface area contributed by atoms with Crippen molar-refractivity contribution >= 4 is 16.3 Å². The Kier molecular flexibility index (Phi) is 3.59. The Bertz CT molecular complexity index is 787. The predicted octanol–water partition coefficient (Wildman–Crippen LogP) is 0.871. The van der Waals surface area contributed by atoms with Gasteiger partial charge in [0.1, 0.15) is 36.5 Å². The van der Waals surface area contributed by atoms with E-state index in [1.165, 1.54) is 27.1 Å². The summed E-state index contributed by atoms with van der Waals surface area (Å²) in [4.78, 5) is 7.00. The minimum atomic E-state index is -0.0905. The Morgan fingerprint density at radius 2 is 2.17 bits per heavy atom. The van der Waals surface area contributed by atoms with Crippen LogP contribution in [0.2, 0.25) is 0 Å². The molecule has 122 valence electrons. The van der Waals surface area contributed by atoms with Crippen LogP contribution in [-0.4, -0.2) is 45.0 Å². The molecule has 2 N–H and O–H groups in total. The average Bonchev–Trinajstić information content (AvgIpc) is 3.20. The van der Waals surface area contributed by atoms with Gasteiger partial charge >= 0.3 is 0 Å². The smallest absolute Gasteiger partial charge is 0.235 e. The van der Waals surface area contributed by atoms with Crippen molar-refractivity contribution in [1.82, 2.24) is 14.6 Å². The molecule has 3 aromatic heterocycles. The van der Waals surface area contributed by atoms with E-state index in [-0.39, 0.29) is 24.1 Å². The molecule has 0 radical (unpaired) electrons. The highest BCUT2D eigenvalue weighted by Gasteiger charge is 2.38. The van der Waals surface area contributed by atoms with Crippen molar-refractivity contribution in [3.63, 3.8) is 0 Å². The van der Waals surface area contributed by atoms with Gasteiger partial charge in [-0.25, -0.2) is 4.98 Å². The van der Waals surface area contributed by atoms with Crippen LogP contribution in [0.5, 0.6) is 5.88 Å². The van der Waals surface area contributed by atoms with Crippen molar-refractivity contribution in [2.75, 3.05) is 13.1 Å². The molecule has 4 atom stereocenters. The van der Waals surface area contributed by atoms with Crippen LogP contribution in [0, 0.1) is 0 Å². The van der Waals surface area contributed by atoms with Gasteiger partial charge in [0.2, 0.25) is 10.8 Å². The van der Waals surface area contributed by atoms with E-state index in [9.17, 15) is 5.11 Å². The SMILES string of the molecule is C[C@@H]1C[NH+]([C@@H](c2ccco2)c2sc3ncnn3c2O)C[C@H](C)O1. The molecule has 0 saturated carbocycles. The Morgan fingerprint density at radius 1 is 1.39 bits per heavy atom. The number of quaternary nitrogens is 1. The summed E-state index contributed by atoms with van der Waals surface area (Å²) in [6.45, 7) is 5.86. The van der Waals surface area contributed by atoms with Crippen LogP contribution >= 0.6 is 11.3 Å². The van der Waals surface area contributed by atoms with Crippen molar-refractivity contribution in [3.8, 4) is 5.88 Å². The molecule has 7 nitrogen and oxygen atoms in total. The summed E-state index contributed by atoms with van der Waals surface area (Å²) in [5.41, 5.74) is 0. The second-order valence-corrected chi connectivity index (χ2v) is 7.03. The van der Waals surface area contributed by atoms with Crippen LogP contribution in [-0.2, 0) is 4.74 Å². The molecule has 1 saturated heterocycles. The van der Waals surface area contributed by atoms with Crippen LogP contribution in [0.15, 0.2) is 29.1 Å². The van der Waals surface area contributed by atoms with Gasteiger partial charge in [-0.15, -0.1) is 0 Å². The van der Waals surface area contributed by atoms with Gasteiger partial charge in [-0.1, -0.05) is 11.3 Å². The molecule has 0 spiro atoms. The van der Waals surface area contributed by atoms with Gasteiger partial charge in [0.15, 0.2) is 11.8 Å². The summed E-state index contributed by atoms with van der Waals surface area (Å²) < 4.78 is 13.0. The molecule has 0 bridgehead atoms. The summed E-state index contributed by atoms with van der Waals surface area (Å²) in [5.74, 6) is 0.976. The zero-order valence-electron chi connectivity index (χ0n) is 13.0. The first-order chi connectivity index (χ1) is 11.1. The third-order valence-corrected chi connectivity index (χ3v) is 5.30. The molecule has 8 heteroatoms. The Labute approximate surface area is 137 Å². The van der Waals surface area contributed by atoms with E-state index < -0.39 is 0 Å². The summed E-state index contributed by atoms with van der Waals surface area (Å²) in [7, 11) is 0. The highest BCUT2D eigenvalue weighted by Crippen LogP contribution is 2.34. The number of hydrogen-bond acceptors (Lipinski definition) is 6. The zero-order valence-corrected chi connectivity index (χ0v) is 13.8. The Morgan fingerprint density at radius 3 is 2.83 bits per heavy atom. The van der Waals surface area contributed by atoms with Crippen LogP contribution in [0.3, 0.4) is 0 Å². The monoisotopic (exact) mass is 335 g/mol. The summed E-state index contributed by atoms with van der Waals surface area (Å²) in [6, 6.07) is 3.74. The molecule has 1 aliphatic rings. The van der Waals surface area contributed by atoms with Crippen molar-refractivity contribution < 1.29 is 19.2 Å². The van der Waals surface area contributed by atoms with Crippen molar-refractivity contribution in [2.45, 2.75) is 32.1 Å². The number of furan rings is 1. The second-order valence-electron chi connectivity index (χ2n) is 6.02. The number of ether oxygens (including phenoxy) is 1. The fourth-order valence-electron chi connectivity index (χ4n) is 3.40. The first-order valence-electron chi connectivity index (χ1n) is 7.68. The molecule has 0 aromatic carbocycles. The predicted molar refractivity (Wildman–Crippen MR) is 83.8 cm³/mol. The fraction of sp³-hybridized carbons (Fsp3) is 0.467. The lowest BCUT2D eigenvalue weighted by atomic mass is 10.1. The summed E-state index contributed by atoms with van der Waals surface area (Å²) in [6.07, 6.45) is 3.44. The maximum Gasteiger partial charge on any atom is 0.235 e. The highest BCUT2D eigenvalue weighted by atomic mass is 32.1. The van der Waals surface area contributed by atoms with E-state index in [4.69, 9.17) is 9.15 Å². The van der Waals surface area contributed by atoms with Crippen molar-refractivity contribution in [3.05, 3.63) is 35.4 Å². The van der Waals surface area contributed by atoms with Gasteiger partial charge in [-0.3, -0.25) is 0 Å². The van der Waals surface area contributed by atoms with Crippen molar-refractivity contribution in [2.24, 2.45) is 0 Å². The Hall–Kier alpha value is -1.90. The lowest BCUT2D eigenvalue weighted by Crippen LogP contribution is -3.15. The van der Waals surface area contributed by atoms with Crippen molar-refractivity contribution in [1.29, 1.82) is 0 Å². The fourth-order valence-corrected chi connectivity index (χ4v) is 4.50. The van der Waals surface area contributed by atoms with Crippen LogP contribution in [0.1, 0.15) is 30.5 Å². The van der Waals surface area contributed by atoms with E-state index in [2.05, 4.69) is 23.9 Å². The first kappa shape index (κ1) is 14.7. The maximum atomic E-state index is 10.6. The minimum absolute atomic E-state index is 0.0905. The quantitative estimate of drug-likeness (QED) is 0.743. The number of hydrogen-bond donors (Lipinski definition) is 2. The van der Waals surface area contributed by atoms with E-state index in [1.807, 2.05) is 12.1 Å². The summed E-state index contributed by atoms with van der Waals surface area (Å²) in [5, 5.41) is 14.7. The van der Waals surface area contributed by atoms with Crippen LogP contribution in [0.25, 0.3) is 4.96 Å². The normalized spacial score (nSPS) is 26.6. The third kappa shape index (κ3) is 2.52. The minimum Gasteiger partial charge on any atom is -0.492 e. The lowest BCUT2D eigenvalue weighted by molar-refractivity contribution is -0.940. The standard InChI is InChI=1S/C15H18N4O3S/c1-9-6-18(7-10(2)22-9)12(11-4-3-5-21-11)13-14(20)19-15(23-13)16-8-17-19/h3-5,8-10,12,20H,6-7H2,1-2H3/p+1/t9-,10+,12-/m0/s1. The molecule has 23 heavy (non-hydrogen) atoms. The van der Waals surface area contributed by atoms with Gasteiger partial charge in [0, 0.05) is 0 Å². The number of aromatic nitrogens is 3. The zero-order chi connectivity index (χ0) is 16.0. The lowest BCUT2D eigenvalue weighted by Gasteiger charge is -2.36. The second kappa shape index (κ2) is 5.63. The van der Waals surface area contributed by atoms with Gasteiger partial charge in [0.25, 0.3) is 0 Å². The summed E-state index contributed by atoms with van der Waals surface area (Å²) >= 11 is 1.45. The molecule has 1 fully saturated rings. The molecule has 1 unspecified atom stereocenters. The van der Waals surface area contributed by atoms with E-state index in [1.54, 1.807) is 6.26 Å². The molecule has 3 aromatic rings. The largest absolute Gasteiger partial charge is 0.492 e. The molecule has 1 aliphatic heterocycles. The van der Waals surface area contributed by atoms with E-state index in [0.29, 0.717) is 4.96 Å².